The molecule has 0 heterocycles. The largest absolute Gasteiger partial charge is 0.103 e. The molecule has 0 aromatic carbocycles. The van der Waals surface area contributed by atoms with E-state index in [9.17, 15) is 0 Å². The van der Waals surface area contributed by atoms with Gasteiger partial charge in [-0.3, -0.25) is 0 Å². The maximum Gasteiger partial charge on any atom is -0.0168 e. The molecule has 0 aromatic heterocycles. The summed E-state index contributed by atoms with van der Waals surface area (Å²) in [7, 11) is 0. The third kappa shape index (κ3) is 3.80. The third-order valence-electron chi connectivity index (χ3n) is 8.14. The average Bonchev–Trinajstić information content (AvgIpc) is 2.91. The van der Waals surface area contributed by atoms with Gasteiger partial charge in [-0.1, -0.05) is 44.2 Å². The van der Waals surface area contributed by atoms with Crippen LogP contribution in [-0.4, -0.2) is 0 Å². The fraction of sp³-hybridized carbons (Fsp3) is 0.692. The third-order valence-corrected chi connectivity index (χ3v) is 8.14. The lowest BCUT2D eigenvalue weighted by atomic mass is 9.53. The predicted octanol–water partition coefficient (Wildman–Crippen LogP) is 7.99. The first-order chi connectivity index (χ1) is 12.5. The van der Waals surface area contributed by atoms with E-state index in [1.165, 1.54) is 50.5 Å². The Morgan fingerprint density at radius 1 is 1.19 bits per heavy atom. The van der Waals surface area contributed by atoms with E-state index in [0.717, 1.165) is 30.1 Å². The van der Waals surface area contributed by atoms with Gasteiger partial charge in [0.15, 0.2) is 0 Å². The number of hydrogen-bond acceptors (Lipinski definition) is 0. The van der Waals surface area contributed by atoms with Gasteiger partial charge in [-0.15, -0.1) is 19.7 Å². The van der Waals surface area contributed by atoms with E-state index in [0.29, 0.717) is 17.3 Å². The predicted molar refractivity (Wildman–Crippen MR) is 117 cm³/mol. The molecule has 0 aromatic rings. The van der Waals surface area contributed by atoms with Gasteiger partial charge < -0.3 is 0 Å². The van der Waals surface area contributed by atoms with Gasteiger partial charge in [-0.25, -0.2) is 0 Å². The molecule has 0 nitrogen and oxygen atoms in total. The SMILES string of the molecule is C=CCCC(C(=C)C)C1CCC2(CC)C(CCC=C)C(C)CC2C1C=C. The van der Waals surface area contributed by atoms with E-state index in [1.807, 2.05) is 0 Å². The molecule has 2 fully saturated rings. The molecule has 2 aliphatic carbocycles. The zero-order valence-corrected chi connectivity index (χ0v) is 17.7. The zero-order chi connectivity index (χ0) is 19.3. The van der Waals surface area contributed by atoms with Gasteiger partial charge in [-0.2, -0.15) is 0 Å². The smallest absolute Gasteiger partial charge is 0.0168 e. The van der Waals surface area contributed by atoms with Crippen molar-refractivity contribution in [2.24, 2.45) is 40.9 Å². The Balaban J connectivity index is 2.31. The summed E-state index contributed by atoms with van der Waals surface area (Å²) in [5.41, 5.74) is 1.89. The van der Waals surface area contributed by atoms with Crippen molar-refractivity contribution in [2.75, 3.05) is 0 Å². The first-order valence-electron chi connectivity index (χ1n) is 11.0. The van der Waals surface area contributed by atoms with E-state index >= 15 is 0 Å². The lowest BCUT2D eigenvalue weighted by Gasteiger charge is -2.52. The van der Waals surface area contributed by atoms with Crippen molar-refractivity contribution in [1.82, 2.24) is 0 Å². The molecule has 0 spiro atoms. The van der Waals surface area contributed by atoms with E-state index < -0.39 is 0 Å². The summed E-state index contributed by atoms with van der Waals surface area (Å²) in [5.74, 6) is 4.48. The van der Waals surface area contributed by atoms with Crippen LogP contribution in [0.1, 0.15) is 72.1 Å². The van der Waals surface area contributed by atoms with Crippen LogP contribution in [0, 0.1) is 40.9 Å². The molecule has 0 bridgehead atoms. The molecule has 0 amide bonds. The van der Waals surface area contributed by atoms with Crippen molar-refractivity contribution in [2.45, 2.75) is 72.1 Å². The molecule has 0 N–H and O–H groups in total. The minimum atomic E-state index is 0.524. The van der Waals surface area contributed by atoms with Crippen molar-refractivity contribution in [3.05, 3.63) is 50.1 Å². The summed E-state index contributed by atoms with van der Waals surface area (Å²) in [6, 6.07) is 0. The number of fused-ring (bicyclic) bond motifs is 1. The van der Waals surface area contributed by atoms with Crippen LogP contribution in [0.5, 0.6) is 0 Å². The van der Waals surface area contributed by atoms with E-state index in [1.54, 1.807) is 0 Å². The van der Waals surface area contributed by atoms with E-state index in [2.05, 4.69) is 65.3 Å². The Morgan fingerprint density at radius 3 is 2.42 bits per heavy atom. The Labute approximate surface area is 163 Å². The molecule has 0 saturated heterocycles. The maximum atomic E-state index is 4.37. The van der Waals surface area contributed by atoms with Crippen LogP contribution in [0.25, 0.3) is 0 Å². The van der Waals surface area contributed by atoms with Crippen molar-refractivity contribution in [3.63, 3.8) is 0 Å². The molecule has 2 rings (SSSR count). The summed E-state index contributed by atoms with van der Waals surface area (Å²) < 4.78 is 0. The fourth-order valence-electron chi connectivity index (χ4n) is 6.98. The molecular formula is C26H42. The second-order valence-electron chi connectivity index (χ2n) is 9.21. The lowest BCUT2D eigenvalue weighted by Crippen LogP contribution is -2.44. The Hall–Kier alpha value is -1.04. The van der Waals surface area contributed by atoms with Gasteiger partial charge in [0.25, 0.3) is 0 Å². The highest BCUT2D eigenvalue weighted by atomic mass is 14.6. The molecule has 26 heavy (non-hydrogen) atoms. The van der Waals surface area contributed by atoms with E-state index in [4.69, 9.17) is 0 Å². The van der Waals surface area contributed by atoms with Crippen LogP contribution in [-0.2, 0) is 0 Å². The quantitative estimate of drug-likeness (QED) is 0.349. The first kappa shape index (κ1) is 21.3. The topological polar surface area (TPSA) is 0 Å². The van der Waals surface area contributed by atoms with Crippen LogP contribution in [0.15, 0.2) is 50.1 Å². The lowest BCUT2D eigenvalue weighted by molar-refractivity contribution is -0.00609. The summed E-state index contributed by atoms with van der Waals surface area (Å²) in [4.78, 5) is 0. The van der Waals surface area contributed by atoms with Crippen molar-refractivity contribution in [3.8, 4) is 0 Å². The summed E-state index contributed by atoms with van der Waals surface area (Å²) in [6.45, 7) is 23.8. The normalized spacial score (nSPS) is 37.6. The van der Waals surface area contributed by atoms with Gasteiger partial charge in [0, 0.05) is 0 Å². The number of allylic oxidation sites excluding steroid dienone is 4. The Morgan fingerprint density at radius 2 is 1.88 bits per heavy atom. The maximum absolute atomic E-state index is 4.37. The van der Waals surface area contributed by atoms with Crippen LogP contribution in [0.3, 0.4) is 0 Å². The van der Waals surface area contributed by atoms with Crippen LogP contribution < -0.4 is 0 Å². The van der Waals surface area contributed by atoms with Crippen molar-refractivity contribution < 1.29 is 0 Å². The molecule has 2 aliphatic rings. The van der Waals surface area contributed by atoms with Crippen LogP contribution >= 0.6 is 0 Å². The van der Waals surface area contributed by atoms with Crippen LogP contribution in [0.4, 0.5) is 0 Å². The zero-order valence-electron chi connectivity index (χ0n) is 17.7. The standard InChI is InChI=1S/C26H42/c1-8-12-14-22(19(5)6)23-16-17-26(11-4)24(15-13-9-2)20(7)18-25(26)21(23)10-3/h8-10,20-25H,1-3,5,11-18H2,4,6-7H3. The Bertz CT molecular complexity index is 512. The highest BCUT2D eigenvalue weighted by molar-refractivity contribution is 5.13. The summed E-state index contributed by atoms with van der Waals surface area (Å²) in [6.07, 6.45) is 16.7. The average molecular weight is 355 g/mol. The van der Waals surface area contributed by atoms with Gasteiger partial charge in [0.2, 0.25) is 0 Å². The molecule has 0 aliphatic heterocycles. The van der Waals surface area contributed by atoms with Crippen molar-refractivity contribution in [1.29, 1.82) is 0 Å². The van der Waals surface area contributed by atoms with Gasteiger partial charge >= 0.3 is 0 Å². The van der Waals surface area contributed by atoms with Crippen molar-refractivity contribution >= 4 is 0 Å². The molecular weight excluding hydrogens is 312 g/mol. The molecule has 146 valence electrons. The van der Waals surface area contributed by atoms with Gasteiger partial charge in [0.1, 0.15) is 0 Å². The Kier molecular flexibility index (Phi) is 7.56. The summed E-state index contributed by atoms with van der Waals surface area (Å²) >= 11 is 0. The minimum absolute atomic E-state index is 0.524. The second kappa shape index (κ2) is 9.25. The first-order valence-corrected chi connectivity index (χ1v) is 11.0. The monoisotopic (exact) mass is 354 g/mol. The van der Waals surface area contributed by atoms with Gasteiger partial charge in [-0.05, 0) is 99.2 Å². The van der Waals surface area contributed by atoms with Crippen LogP contribution in [0.2, 0.25) is 0 Å². The second-order valence-corrected chi connectivity index (χ2v) is 9.21. The molecule has 2 saturated carbocycles. The summed E-state index contributed by atoms with van der Waals surface area (Å²) in [5, 5.41) is 0. The van der Waals surface area contributed by atoms with Gasteiger partial charge in [0.05, 0.1) is 0 Å². The molecule has 0 heteroatoms. The highest BCUT2D eigenvalue weighted by Gasteiger charge is 2.57. The fourth-order valence-corrected chi connectivity index (χ4v) is 6.98. The minimum Gasteiger partial charge on any atom is -0.103 e. The van der Waals surface area contributed by atoms with E-state index in [-0.39, 0.29) is 0 Å². The molecule has 0 radical (unpaired) electrons. The molecule has 7 unspecified atom stereocenters. The number of rotatable bonds is 10. The molecule has 7 atom stereocenters. The highest BCUT2D eigenvalue weighted by Crippen LogP contribution is 2.65. The number of hydrogen-bond donors (Lipinski definition) is 0.